The molecule has 0 spiro atoms. The maximum absolute atomic E-state index is 12.1. The van der Waals surface area contributed by atoms with E-state index in [1.807, 2.05) is 0 Å². The van der Waals surface area contributed by atoms with Crippen LogP contribution in [0.25, 0.3) is 0 Å². The molecule has 7 N–H and O–H groups in total. The zero-order chi connectivity index (χ0) is 19.0. The Labute approximate surface area is 148 Å². The second kappa shape index (κ2) is 9.57. The van der Waals surface area contributed by atoms with Gasteiger partial charge >= 0.3 is 5.97 Å². The Hall–Kier alpha value is -2.69. The van der Waals surface area contributed by atoms with Crippen LogP contribution in [0, 0.1) is 12.8 Å². The van der Waals surface area contributed by atoms with Gasteiger partial charge in [-0.1, -0.05) is 18.3 Å². The Bertz CT molecular complexity index is 668. The number of carbonyl (C=O) groups is 3. The summed E-state index contributed by atoms with van der Waals surface area (Å²) in [6.07, 6.45) is 0.468. The van der Waals surface area contributed by atoms with Gasteiger partial charge in [0.05, 0.1) is 11.6 Å². The molecule has 0 bridgehead atoms. The molecule has 0 aliphatic rings. The second-order valence-electron chi connectivity index (χ2n) is 5.20. The molecule has 1 rings (SSSR count). The molecule has 11 heteroatoms. The number of hydrogen-bond donors (Lipinski definition) is 5. The highest BCUT2D eigenvalue weighted by molar-refractivity contribution is 7.17. The van der Waals surface area contributed by atoms with E-state index in [2.05, 4.69) is 20.6 Å². The van der Waals surface area contributed by atoms with Crippen LogP contribution in [-0.2, 0) is 9.59 Å². The average molecular weight is 370 g/mol. The summed E-state index contributed by atoms with van der Waals surface area (Å²) in [5, 5.41) is 14.3. The van der Waals surface area contributed by atoms with Crippen LogP contribution in [0.1, 0.15) is 35.1 Å². The molecule has 0 aliphatic heterocycles. The average Bonchev–Trinajstić information content (AvgIpc) is 2.87. The molecule has 1 unspecified atom stereocenters. The quantitative estimate of drug-likeness (QED) is 0.293. The van der Waals surface area contributed by atoms with E-state index in [1.54, 1.807) is 13.8 Å². The highest BCUT2D eigenvalue weighted by atomic mass is 32.1. The van der Waals surface area contributed by atoms with Crippen molar-refractivity contribution in [2.75, 3.05) is 13.1 Å². The Morgan fingerprint density at radius 1 is 1.32 bits per heavy atom. The molecular weight excluding hydrogens is 348 g/mol. The van der Waals surface area contributed by atoms with Gasteiger partial charge in [-0.25, -0.2) is 4.98 Å². The van der Waals surface area contributed by atoms with E-state index in [-0.39, 0.29) is 42.4 Å². The number of nitrogens with one attached hydrogen (secondary N) is 2. The Morgan fingerprint density at radius 3 is 2.56 bits per heavy atom. The topological polar surface area (TPSA) is 173 Å². The SMILES string of the molecule is CCC(CNC(=O)CCNC(=O)c1sc(N=C(N)N)nc1C)C(=O)O. The number of nitrogens with two attached hydrogens (primary N) is 2. The highest BCUT2D eigenvalue weighted by Gasteiger charge is 2.17. The van der Waals surface area contributed by atoms with Gasteiger partial charge in [0.1, 0.15) is 4.88 Å². The van der Waals surface area contributed by atoms with Gasteiger partial charge in [-0.15, -0.1) is 0 Å². The molecule has 10 nitrogen and oxygen atoms in total. The Kier molecular flexibility index (Phi) is 7.79. The lowest BCUT2D eigenvalue weighted by Crippen LogP contribution is -2.35. The molecule has 0 fully saturated rings. The molecule has 1 aromatic rings. The molecule has 1 aromatic heterocycles. The number of carboxylic acids is 1. The van der Waals surface area contributed by atoms with Crippen molar-refractivity contribution in [1.82, 2.24) is 15.6 Å². The predicted octanol–water partition coefficient (Wildman–Crippen LogP) is -0.297. The normalized spacial score (nSPS) is 11.4. The van der Waals surface area contributed by atoms with Gasteiger partial charge in [0.2, 0.25) is 11.0 Å². The van der Waals surface area contributed by atoms with Crippen LogP contribution in [0.4, 0.5) is 5.13 Å². The van der Waals surface area contributed by atoms with E-state index >= 15 is 0 Å². The van der Waals surface area contributed by atoms with Crippen LogP contribution in [0.3, 0.4) is 0 Å². The Morgan fingerprint density at radius 2 is 2.00 bits per heavy atom. The molecule has 138 valence electrons. The first-order chi connectivity index (χ1) is 11.7. The van der Waals surface area contributed by atoms with Crippen molar-refractivity contribution < 1.29 is 19.5 Å². The molecule has 0 saturated heterocycles. The molecular formula is C14H22N6O4S. The number of aliphatic carboxylic acids is 1. The third-order valence-electron chi connectivity index (χ3n) is 3.24. The van der Waals surface area contributed by atoms with Crippen LogP contribution in [0.15, 0.2) is 4.99 Å². The minimum atomic E-state index is -0.951. The van der Waals surface area contributed by atoms with E-state index in [1.165, 1.54) is 0 Å². The molecule has 0 radical (unpaired) electrons. The molecule has 2 amide bonds. The van der Waals surface area contributed by atoms with Crippen molar-refractivity contribution in [2.45, 2.75) is 26.7 Å². The number of carboxylic acid groups (broad SMARTS) is 1. The predicted molar refractivity (Wildman–Crippen MR) is 93.7 cm³/mol. The van der Waals surface area contributed by atoms with Gasteiger partial charge in [0.25, 0.3) is 5.91 Å². The number of carbonyl (C=O) groups excluding carboxylic acids is 2. The van der Waals surface area contributed by atoms with Crippen LogP contribution in [0.2, 0.25) is 0 Å². The molecule has 0 aromatic carbocycles. The fraction of sp³-hybridized carbons (Fsp3) is 0.500. The minimum Gasteiger partial charge on any atom is -0.481 e. The van der Waals surface area contributed by atoms with Crippen molar-refractivity contribution in [3.05, 3.63) is 10.6 Å². The van der Waals surface area contributed by atoms with E-state index in [0.29, 0.717) is 17.0 Å². The zero-order valence-electron chi connectivity index (χ0n) is 14.0. The van der Waals surface area contributed by atoms with Gasteiger partial charge in [-0.3, -0.25) is 14.4 Å². The van der Waals surface area contributed by atoms with Crippen LogP contribution in [0.5, 0.6) is 0 Å². The van der Waals surface area contributed by atoms with Crippen molar-refractivity contribution >= 4 is 40.2 Å². The number of thiazole rings is 1. The number of aliphatic imine (C=N–C) groups is 1. The van der Waals surface area contributed by atoms with E-state index < -0.39 is 11.9 Å². The molecule has 1 heterocycles. The van der Waals surface area contributed by atoms with Crippen molar-refractivity contribution in [3.63, 3.8) is 0 Å². The summed E-state index contributed by atoms with van der Waals surface area (Å²) >= 11 is 1.04. The molecule has 25 heavy (non-hydrogen) atoms. The first kappa shape index (κ1) is 20.4. The smallest absolute Gasteiger partial charge is 0.308 e. The zero-order valence-corrected chi connectivity index (χ0v) is 14.9. The number of rotatable bonds is 9. The van der Waals surface area contributed by atoms with Crippen LogP contribution in [-0.4, -0.2) is 46.9 Å². The van der Waals surface area contributed by atoms with E-state index in [4.69, 9.17) is 16.6 Å². The van der Waals surface area contributed by atoms with Gasteiger partial charge in [-0.2, -0.15) is 4.99 Å². The maximum atomic E-state index is 12.1. The number of hydrogen-bond acceptors (Lipinski definition) is 6. The van der Waals surface area contributed by atoms with Crippen LogP contribution >= 0.6 is 11.3 Å². The number of amides is 2. The van der Waals surface area contributed by atoms with Crippen LogP contribution < -0.4 is 22.1 Å². The third-order valence-corrected chi connectivity index (χ3v) is 4.29. The Balaban J connectivity index is 2.44. The first-order valence-corrected chi connectivity index (χ1v) is 8.41. The van der Waals surface area contributed by atoms with Gasteiger partial charge < -0.3 is 27.2 Å². The first-order valence-electron chi connectivity index (χ1n) is 7.59. The van der Waals surface area contributed by atoms with Gasteiger partial charge in [-0.05, 0) is 13.3 Å². The minimum absolute atomic E-state index is 0.0421. The van der Waals surface area contributed by atoms with Crippen molar-refractivity contribution in [3.8, 4) is 0 Å². The number of guanidine groups is 1. The lowest BCUT2D eigenvalue weighted by molar-refractivity contribution is -0.141. The standard InChI is InChI=1S/C14H22N6O4S/c1-3-8(12(23)24)6-18-9(21)4-5-17-11(22)10-7(2)19-14(25-10)20-13(15)16/h8H,3-6H2,1-2H3,(H,17,22)(H,18,21)(H,23,24)(H4,15,16,19,20). The summed E-state index contributed by atoms with van der Waals surface area (Å²) in [4.78, 5) is 42.8. The lowest BCUT2D eigenvalue weighted by atomic mass is 10.1. The molecule has 1 atom stereocenters. The monoisotopic (exact) mass is 370 g/mol. The largest absolute Gasteiger partial charge is 0.481 e. The molecule has 0 saturated carbocycles. The van der Waals surface area contributed by atoms with Crippen molar-refractivity contribution in [2.24, 2.45) is 22.4 Å². The second-order valence-corrected chi connectivity index (χ2v) is 6.18. The summed E-state index contributed by atoms with van der Waals surface area (Å²) in [5.74, 6) is -2.43. The summed E-state index contributed by atoms with van der Waals surface area (Å²) in [5.41, 5.74) is 11.0. The van der Waals surface area contributed by atoms with Gasteiger partial charge in [0.15, 0.2) is 5.96 Å². The number of aromatic nitrogens is 1. The maximum Gasteiger partial charge on any atom is 0.308 e. The fourth-order valence-electron chi connectivity index (χ4n) is 1.85. The lowest BCUT2D eigenvalue weighted by Gasteiger charge is -2.11. The number of nitrogens with zero attached hydrogens (tertiary/aromatic N) is 2. The number of aryl methyl sites for hydroxylation is 1. The summed E-state index contributed by atoms with van der Waals surface area (Å²) in [6.45, 7) is 3.57. The molecule has 0 aliphatic carbocycles. The summed E-state index contributed by atoms with van der Waals surface area (Å²) in [6, 6.07) is 0. The fourth-order valence-corrected chi connectivity index (χ4v) is 2.73. The van der Waals surface area contributed by atoms with Gasteiger partial charge in [0, 0.05) is 19.5 Å². The van der Waals surface area contributed by atoms with E-state index in [9.17, 15) is 14.4 Å². The summed E-state index contributed by atoms with van der Waals surface area (Å²) < 4.78 is 0. The third kappa shape index (κ3) is 6.75. The van der Waals surface area contributed by atoms with Crippen molar-refractivity contribution in [1.29, 1.82) is 0 Å². The van der Waals surface area contributed by atoms with E-state index in [0.717, 1.165) is 11.3 Å². The summed E-state index contributed by atoms with van der Waals surface area (Å²) in [7, 11) is 0. The highest BCUT2D eigenvalue weighted by Crippen LogP contribution is 2.24.